The van der Waals surface area contributed by atoms with Crippen molar-refractivity contribution in [2.75, 3.05) is 13.2 Å². The Morgan fingerprint density at radius 3 is 1.25 bits per heavy atom. The van der Waals surface area contributed by atoms with Gasteiger partial charge in [-0.1, -0.05) is 208 Å². The third-order valence-corrected chi connectivity index (χ3v) is 10.2. The molecule has 0 fully saturated rings. The van der Waals surface area contributed by atoms with Crippen molar-refractivity contribution >= 4 is 17.9 Å². The Hall–Kier alpha value is -3.67. The predicted octanol–water partition coefficient (Wildman–Crippen LogP) is 16.2. The largest absolute Gasteiger partial charge is 0.462 e. The van der Waals surface area contributed by atoms with Crippen LogP contribution in [0.4, 0.5) is 0 Å². The fourth-order valence-electron chi connectivity index (χ4n) is 6.50. The molecule has 0 spiro atoms. The van der Waals surface area contributed by atoms with E-state index in [-0.39, 0.29) is 37.5 Å². The van der Waals surface area contributed by atoms with Crippen molar-refractivity contribution in [2.45, 2.75) is 219 Å². The van der Waals surface area contributed by atoms with E-state index in [0.29, 0.717) is 19.3 Å². The Balaban J connectivity index is 4.50. The van der Waals surface area contributed by atoms with Crippen LogP contribution in [0.25, 0.3) is 0 Å². The maximum absolute atomic E-state index is 12.8. The molecule has 0 aliphatic heterocycles. The molecule has 0 saturated carbocycles. The molecule has 0 N–H and O–H groups in total. The number of hydrogen-bond donors (Lipinski definition) is 0. The van der Waals surface area contributed by atoms with Crippen LogP contribution in [0.3, 0.4) is 0 Å². The second-order valence-electron chi connectivity index (χ2n) is 16.1. The van der Waals surface area contributed by atoms with Crippen LogP contribution in [0.2, 0.25) is 0 Å². The summed E-state index contributed by atoms with van der Waals surface area (Å²) in [5, 5.41) is 0. The van der Waals surface area contributed by atoms with Crippen LogP contribution in [0.1, 0.15) is 213 Å². The van der Waals surface area contributed by atoms with E-state index in [0.717, 1.165) is 83.5 Å². The highest BCUT2D eigenvalue weighted by Crippen LogP contribution is 2.14. The summed E-state index contributed by atoms with van der Waals surface area (Å²) in [5.74, 6) is -1.01. The van der Waals surface area contributed by atoms with Gasteiger partial charge < -0.3 is 14.2 Å². The van der Waals surface area contributed by atoms with Crippen molar-refractivity contribution in [1.82, 2.24) is 0 Å². The normalized spacial score (nSPS) is 12.9. The lowest BCUT2D eigenvalue weighted by Crippen LogP contribution is -2.30. The van der Waals surface area contributed by atoms with E-state index in [9.17, 15) is 14.4 Å². The zero-order valence-corrected chi connectivity index (χ0v) is 39.4. The van der Waals surface area contributed by atoms with Crippen LogP contribution in [0, 0.1) is 0 Å². The van der Waals surface area contributed by atoms with Gasteiger partial charge in [-0.15, -0.1) is 0 Å². The predicted molar refractivity (Wildman–Crippen MR) is 260 cm³/mol. The second-order valence-corrected chi connectivity index (χ2v) is 16.1. The highest BCUT2D eigenvalue weighted by atomic mass is 16.6. The van der Waals surface area contributed by atoms with Gasteiger partial charge >= 0.3 is 17.9 Å². The minimum absolute atomic E-state index is 0.109. The van der Waals surface area contributed by atoms with Gasteiger partial charge in [-0.25, -0.2) is 0 Å². The van der Waals surface area contributed by atoms with E-state index in [2.05, 4.69) is 63.3 Å². The molecule has 1 atom stereocenters. The molecule has 0 aromatic heterocycles. The summed E-state index contributed by atoms with van der Waals surface area (Å²) in [7, 11) is 0. The second kappa shape index (κ2) is 49.0. The number of allylic oxidation sites excluding steroid dienone is 16. The molecule has 0 aliphatic carbocycles. The van der Waals surface area contributed by atoms with Gasteiger partial charge in [-0.3, -0.25) is 14.4 Å². The zero-order chi connectivity index (χ0) is 44.4. The van der Waals surface area contributed by atoms with Gasteiger partial charge in [0.2, 0.25) is 0 Å². The van der Waals surface area contributed by atoms with E-state index in [1.165, 1.54) is 83.5 Å². The Morgan fingerprint density at radius 1 is 0.361 bits per heavy atom. The van der Waals surface area contributed by atoms with Crippen molar-refractivity contribution in [3.63, 3.8) is 0 Å². The lowest BCUT2D eigenvalue weighted by atomic mass is 10.1. The number of unbranched alkanes of at least 4 members (excludes halogenated alkanes) is 20. The third kappa shape index (κ3) is 47.2. The van der Waals surface area contributed by atoms with Crippen molar-refractivity contribution in [2.24, 2.45) is 0 Å². The first-order valence-corrected chi connectivity index (χ1v) is 24.8. The molecular formula is C55H90O6. The molecule has 0 radical (unpaired) electrons. The Kier molecular flexibility index (Phi) is 46.0. The van der Waals surface area contributed by atoms with Gasteiger partial charge in [-0.2, -0.15) is 0 Å². The van der Waals surface area contributed by atoms with Gasteiger partial charge in [0.15, 0.2) is 6.10 Å². The quantitative estimate of drug-likeness (QED) is 0.0200. The molecule has 0 aromatic carbocycles. The standard InChI is InChI=1S/C55H90O6/c1-4-7-10-13-16-19-22-25-27-28-31-33-36-39-42-45-48-54(57)60-51-52(50-59-53(56)47-44-41-38-35-32-29-24-21-18-15-12-9-6-3)61-55(58)49-46-43-40-37-34-30-26-23-20-17-14-11-8-5-2/h8-9,11-12,15,17-18,20-21,24,27-29,32,35,38,52H,4-7,10,13-14,16,19,22-23,25-26,30-31,33-34,36-37,39-51H2,1-3H3/b11-8-,12-9-,18-15-,20-17-,24-21-,28-27-,32-29-,38-35-. The van der Waals surface area contributed by atoms with Crippen LogP contribution in [-0.2, 0) is 28.6 Å². The highest BCUT2D eigenvalue weighted by molar-refractivity contribution is 5.71. The van der Waals surface area contributed by atoms with Crippen molar-refractivity contribution in [3.8, 4) is 0 Å². The lowest BCUT2D eigenvalue weighted by Gasteiger charge is -2.18. The summed E-state index contributed by atoms with van der Waals surface area (Å²) in [6.07, 6.45) is 64.0. The smallest absolute Gasteiger partial charge is 0.306 e. The van der Waals surface area contributed by atoms with Crippen molar-refractivity contribution in [1.29, 1.82) is 0 Å². The summed E-state index contributed by atoms with van der Waals surface area (Å²) in [4.78, 5) is 37.9. The van der Waals surface area contributed by atoms with E-state index >= 15 is 0 Å². The van der Waals surface area contributed by atoms with Gasteiger partial charge in [0, 0.05) is 19.3 Å². The molecule has 0 amide bonds. The molecular weight excluding hydrogens is 757 g/mol. The minimum atomic E-state index is -0.813. The number of esters is 3. The first kappa shape index (κ1) is 57.3. The topological polar surface area (TPSA) is 78.9 Å². The lowest BCUT2D eigenvalue weighted by molar-refractivity contribution is -0.167. The van der Waals surface area contributed by atoms with E-state index in [4.69, 9.17) is 14.2 Å². The Morgan fingerprint density at radius 2 is 0.738 bits per heavy atom. The minimum Gasteiger partial charge on any atom is -0.462 e. The fraction of sp³-hybridized carbons (Fsp3) is 0.655. The van der Waals surface area contributed by atoms with Gasteiger partial charge in [0.25, 0.3) is 0 Å². The van der Waals surface area contributed by atoms with Gasteiger partial charge in [-0.05, 0) is 83.5 Å². The number of ether oxygens (including phenoxy) is 3. The zero-order valence-electron chi connectivity index (χ0n) is 39.4. The SMILES string of the molecule is CC\C=C/C=C\C=C/C=C\C=C/CCCC(=O)OCC(COC(=O)CCCCCCC/C=C\CCCCCCCCC)OC(=O)CCCCCCCCC/C=C\C/C=C\CC. The van der Waals surface area contributed by atoms with Crippen molar-refractivity contribution < 1.29 is 28.6 Å². The summed E-state index contributed by atoms with van der Waals surface area (Å²) in [6, 6.07) is 0. The third-order valence-electron chi connectivity index (χ3n) is 10.2. The number of carbonyl (C=O) groups excluding carboxylic acids is 3. The van der Waals surface area contributed by atoms with E-state index in [1.807, 2.05) is 54.7 Å². The maximum atomic E-state index is 12.8. The van der Waals surface area contributed by atoms with Crippen molar-refractivity contribution in [3.05, 3.63) is 97.2 Å². The monoisotopic (exact) mass is 847 g/mol. The summed E-state index contributed by atoms with van der Waals surface area (Å²) in [6.45, 7) is 6.29. The molecule has 0 aromatic rings. The van der Waals surface area contributed by atoms with Crippen LogP contribution in [-0.4, -0.2) is 37.2 Å². The first-order chi connectivity index (χ1) is 30.0. The highest BCUT2D eigenvalue weighted by Gasteiger charge is 2.19. The summed E-state index contributed by atoms with van der Waals surface area (Å²) >= 11 is 0. The van der Waals surface area contributed by atoms with E-state index in [1.54, 1.807) is 0 Å². The number of carbonyl (C=O) groups is 3. The van der Waals surface area contributed by atoms with E-state index < -0.39 is 6.10 Å². The molecule has 1 unspecified atom stereocenters. The van der Waals surface area contributed by atoms with Gasteiger partial charge in [0.05, 0.1) is 0 Å². The number of rotatable bonds is 43. The van der Waals surface area contributed by atoms with Crippen LogP contribution in [0.5, 0.6) is 0 Å². The summed E-state index contributed by atoms with van der Waals surface area (Å²) in [5.41, 5.74) is 0. The van der Waals surface area contributed by atoms with Gasteiger partial charge in [0.1, 0.15) is 13.2 Å². The molecule has 0 saturated heterocycles. The molecule has 346 valence electrons. The molecule has 0 bridgehead atoms. The average Bonchev–Trinajstić information content (AvgIpc) is 3.26. The van der Waals surface area contributed by atoms with Crippen LogP contribution < -0.4 is 0 Å². The Labute approximate surface area is 375 Å². The summed E-state index contributed by atoms with van der Waals surface area (Å²) < 4.78 is 16.7. The number of hydrogen-bond acceptors (Lipinski definition) is 6. The Bertz CT molecular complexity index is 1250. The molecule has 6 nitrogen and oxygen atoms in total. The molecule has 0 aliphatic rings. The molecule has 0 heterocycles. The van der Waals surface area contributed by atoms with Crippen LogP contribution >= 0.6 is 0 Å². The average molecular weight is 847 g/mol. The fourth-order valence-corrected chi connectivity index (χ4v) is 6.50. The molecule has 6 heteroatoms. The maximum Gasteiger partial charge on any atom is 0.306 e. The molecule has 61 heavy (non-hydrogen) atoms. The first-order valence-electron chi connectivity index (χ1n) is 24.8. The molecule has 0 rings (SSSR count). The van der Waals surface area contributed by atoms with Crippen LogP contribution in [0.15, 0.2) is 97.2 Å².